The predicted octanol–water partition coefficient (Wildman–Crippen LogP) is 4.72. The maximum Gasteiger partial charge on any atom is 0.277 e. The van der Waals surface area contributed by atoms with E-state index in [1.165, 1.54) is 0 Å². The molecule has 6 heteroatoms. The number of carbonyl (C=O) groups excluding carboxylic acids is 1. The lowest BCUT2D eigenvalue weighted by molar-refractivity contribution is 0.101. The van der Waals surface area contributed by atoms with E-state index in [4.69, 9.17) is 4.52 Å². The zero-order chi connectivity index (χ0) is 17.1. The monoisotopic (exact) mass is 347 g/mol. The summed E-state index contributed by atoms with van der Waals surface area (Å²) in [6.07, 6.45) is 1.77. The summed E-state index contributed by atoms with van der Waals surface area (Å²) in [4.78, 5) is 16.6. The van der Waals surface area contributed by atoms with Crippen molar-refractivity contribution in [2.75, 3.05) is 5.32 Å². The molecular formula is C19H13N3O2S. The third-order valence-electron chi connectivity index (χ3n) is 3.62. The van der Waals surface area contributed by atoms with Gasteiger partial charge in [-0.05, 0) is 24.3 Å². The molecule has 0 spiro atoms. The van der Waals surface area contributed by atoms with Crippen molar-refractivity contribution in [3.05, 3.63) is 77.9 Å². The molecule has 0 aliphatic carbocycles. The highest BCUT2D eigenvalue weighted by Gasteiger charge is 2.14. The van der Waals surface area contributed by atoms with Crippen molar-refractivity contribution in [2.45, 2.75) is 0 Å². The minimum Gasteiger partial charge on any atom is -0.355 e. The second-order valence-electron chi connectivity index (χ2n) is 5.31. The van der Waals surface area contributed by atoms with Crippen molar-refractivity contribution < 1.29 is 9.32 Å². The molecule has 0 fully saturated rings. The Balaban J connectivity index is 1.48. The molecule has 0 aliphatic rings. The van der Waals surface area contributed by atoms with Crippen molar-refractivity contribution in [1.29, 1.82) is 0 Å². The van der Waals surface area contributed by atoms with E-state index in [1.54, 1.807) is 23.6 Å². The molecule has 5 nitrogen and oxygen atoms in total. The summed E-state index contributed by atoms with van der Waals surface area (Å²) in [5.41, 5.74) is 2.82. The van der Waals surface area contributed by atoms with Gasteiger partial charge >= 0.3 is 0 Å². The van der Waals surface area contributed by atoms with E-state index < -0.39 is 0 Å². The van der Waals surface area contributed by atoms with Crippen LogP contribution in [0, 0.1) is 0 Å². The first-order valence-electron chi connectivity index (χ1n) is 7.63. The number of nitrogens with one attached hydrogen (secondary N) is 1. The number of carbonyl (C=O) groups is 1. The number of thiazole rings is 1. The van der Waals surface area contributed by atoms with Gasteiger partial charge in [-0.3, -0.25) is 4.79 Å². The van der Waals surface area contributed by atoms with Crippen LogP contribution in [0.15, 0.2) is 76.8 Å². The van der Waals surface area contributed by atoms with Gasteiger partial charge in [-0.25, -0.2) is 4.98 Å². The molecule has 0 saturated carbocycles. The summed E-state index contributed by atoms with van der Waals surface area (Å²) >= 11 is 1.57. The van der Waals surface area contributed by atoms with E-state index in [0.717, 1.165) is 16.1 Å². The van der Waals surface area contributed by atoms with Crippen LogP contribution in [0.4, 0.5) is 5.69 Å². The highest BCUT2D eigenvalue weighted by molar-refractivity contribution is 7.13. The van der Waals surface area contributed by atoms with Gasteiger partial charge in [0.1, 0.15) is 5.01 Å². The smallest absolute Gasteiger partial charge is 0.277 e. The minimum absolute atomic E-state index is 0.239. The summed E-state index contributed by atoms with van der Waals surface area (Å²) in [6.45, 7) is 0. The van der Waals surface area contributed by atoms with E-state index in [0.29, 0.717) is 11.4 Å². The van der Waals surface area contributed by atoms with Crippen LogP contribution < -0.4 is 5.32 Å². The fourth-order valence-electron chi connectivity index (χ4n) is 2.38. The van der Waals surface area contributed by atoms with Gasteiger partial charge in [-0.2, -0.15) is 0 Å². The van der Waals surface area contributed by atoms with E-state index >= 15 is 0 Å². The second kappa shape index (κ2) is 6.70. The molecule has 0 unspecified atom stereocenters. The van der Waals surface area contributed by atoms with Crippen LogP contribution in [0.5, 0.6) is 0 Å². The third kappa shape index (κ3) is 3.34. The summed E-state index contributed by atoms with van der Waals surface area (Å²) in [7, 11) is 0. The number of amides is 1. The lowest BCUT2D eigenvalue weighted by Crippen LogP contribution is -2.11. The molecule has 0 radical (unpaired) electrons. The first-order valence-corrected chi connectivity index (χ1v) is 8.51. The van der Waals surface area contributed by atoms with Gasteiger partial charge in [0, 0.05) is 34.5 Å². The average molecular weight is 347 g/mol. The molecule has 1 N–H and O–H groups in total. The quantitative estimate of drug-likeness (QED) is 0.580. The molecule has 4 aromatic rings. The average Bonchev–Trinajstić information content (AvgIpc) is 3.35. The third-order valence-corrected chi connectivity index (χ3v) is 4.45. The lowest BCUT2D eigenvalue weighted by Gasteiger charge is -2.03. The Hall–Kier alpha value is -3.25. The molecule has 25 heavy (non-hydrogen) atoms. The Morgan fingerprint density at radius 3 is 2.52 bits per heavy atom. The minimum atomic E-state index is -0.312. The van der Waals surface area contributed by atoms with Crippen LogP contribution in [-0.2, 0) is 0 Å². The number of benzene rings is 2. The normalized spacial score (nSPS) is 10.6. The van der Waals surface area contributed by atoms with Crippen LogP contribution in [0.1, 0.15) is 10.5 Å². The number of aromatic nitrogens is 2. The Bertz CT molecular complexity index is 977. The van der Waals surface area contributed by atoms with E-state index in [9.17, 15) is 4.79 Å². The predicted molar refractivity (Wildman–Crippen MR) is 97.4 cm³/mol. The lowest BCUT2D eigenvalue weighted by atomic mass is 10.1. The highest BCUT2D eigenvalue weighted by Crippen LogP contribution is 2.24. The summed E-state index contributed by atoms with van der Waals surface area (Å²) in [6, 6.07) is 18.7. The number of nitrogens with zero attached hydrogens (tertiary/aromatic N) is 2. The maximum absolute atomic E-state index is 12.3. The van der Waals surface area contributed by atoms with Gasteiger partial charge in [0.15, 0.2) is 11.5 Å². The van der Waals surface area contributed by atoms with Gasteiger partial charge < -0.3 is 9.84 Å². The Morgan fingerprint density at radius 2 is 1.80 bits per heavy atom. The number of rotatable bonds is 4. The zero-order valence-corrected chi connectivity index (χ0v) is 13.9. The first kappa shape index (κ1) is 15.3. The Morgan fingerprint density at radius 1 is 1.00 bits per heavy atom. The molecule has 122 valence electrons. The number of anilines is 1. The fraction of sp³-hybridized carbons (Fsp3) is 0. The van der Waals surface area contributed by atoms with Crippen molar-refractivity contribution in [2.24, 2.45) is 0 Å². The number of hydrogen-bond donors (Lipinski definition) is 1. The Kier molecular flexibility index (Phi) is 4.10. The topological polar surface area (TPSA) is 68.0 Å². The number of hydrogen-bond acceptors (Lipinski definition) is 5. The SMILES string of the molecule is O=C(Nc1ccc(-c2nccs2)cc1)c1cc(-c2ccccc2)on1. The standard InChI is InChI=1S/C19H13N3O2S/c23-18(16-12-17(24-22-16)13-4-2-1-3-5-13)21-15-8-6-14(7-9-15)19-20-10-11-25-19/h1-12H,(H,21,23). The van der Waals surface area contributed by atoms with Gasteiger partial charge in [-0.1, -0.05) is 35.5 Å². The van der Waals surface area contributed by atoms with E-state index in [1.807, 2.05) is 60.0 Å². The molecule has 0 atom stereocenters. The van der Waals surface area contributed by atoms with Gasteiger partial charge in [-0.15, -0.1) is 11.3 Å². The molecule has 2 aromatic heterocycles. The van der Waals surface area contributed by atoms with Crippen molar-refractivity contribution in [3.63, 3.8) is 0 Å². The largest absolute Gasteiger partial charge is 0.355 e. The summed E-state index contributed by atoms with van der Waals surface area (Å²) in [5.74, 6) is 0.248. The van der Waals surface area contributed by atoms with Crippen molar-refractivity contribution in [3.8, 4) is 21.9 Å². The zero-order valence-electron chi connectivity index (χ0n) is 13.0. The molecule has 0 bridgehead atoms. The van der Waals surface area contributed by atoms with Crippen molar-refractivity contribution >= 4 is 22.9 Å². The maximum atomic E-state index is 12.3. The Labute approximate surface area is 148 Å². The summed E-state index contributed by atoms with van der Waals surface area (Å²) < 4.78 is 5.26. The van der Waals surface area contributed by atoms with Crippen LogP contribution in [0.25, 0.3) is 21.9 Å². The fourth-order valence-corrected chi connectivity index (χ4v) is 3.02. The molecule has 0 aliphatic heterocycles. The second-order valence-corrected chi connectivity index (χ2v) is 6.21. The molecule has 0 saturated heterocycles. The van der Waals surface area contributed by atoms with Crippen LogP contribution in [-0.4, -0.2) is 16.0 Å². The van der Waals surface area contributed by atoms with Crippen molar-refractivity contribution in [1.82, 2.24) is 10.1 Å². The van der Waals surface area contributed by atoms with Crippen LogP contribution >= 0.6 is 11.3 Å². The molecule has 4 rings (SSSR count). The van der Waals surface area contributed by atoms with Gasteiger partial charge in [0.2, 0.25) is 0 Å². The van der Waals surface area contributed by atoms with Crippen LogP contribution in [0.3, 0.4) is 0 Å². The van der Waals surface area contributed by atoms with E-state index in [-0.39, 0.29) is 11.6 Å². The molecular weight excluding hydrogens is 334 g/mol. The summed E-state index contributed by atoms with van der Waals surface area (Å²) in [5, 5.41) is 9.55. The van der Waals surface area contributed by atoms with E-state index in [2.05, 4.69) is 15.5 Å². The van der Waals surface area contributed by atoms with Gasteiger partial charge in [0.05, 0.1) is 0 Å². The molecule has 1 amide bonds. The van der Waals surface area contributed by atoms with Crippen LogP contribution in [0.2, 0.25) is 0 Å². The highest BCUT2D eigenvalue weighted by atomic mass is 32.1. The van der Waals surface area contributed by atoms with Gasteiger partial charge in [0.25, 0.3) is 5.91 Å². The molecule has 2 heterocycles. The first-order chi connectivity index (χ1) is 12.3. The molecule has 2 aromatic carbocycles.